The van der Waals surface area contributed by atoms with Crippen LogP contribution in [0.25, 0.3) is 11.0 Å². The van der Waals surface area contributed by atoms with Gasteiger partial charge in [-0.2, -0.15) is 4.73 Å². The van der Waals surface area contributed by atoms with Gasteiger partial charge in [-0.25, -0.2) is 0 Å². The van der Waals surface area contributed by atoms with E-state index in [1.54, 1.807) is 0 Å². The number of nitro groups is 1. The molecule has 0 radical (unpaired) electrons. The smallest absolute Gasteiger partial charge is 0.448 e. The predicted molar refractivity (Wildman–Crippen MR) is 49.5 cm³/mol. The topological polar surface area (TPSA) is 83.2 Å². The van der Waals surface area contributed by atoms with Crippen molar-refractivity contribution in [3.8, 4) is 0 Å². The number of fused-ring (bicyclic) bond motifs is 1. The number of aromatic nitrogens is 1. The first kappa shape index (κ1) is 8.95. The minimum Gasteiger partial charge on any atom is -0.619 e. The Morgan fingerprint density at radius 2 is 2.29 bits per heavy atom. The van der Waals surface area contributed by atoms with Crippen LogP contribution in [-0.4, -0.2) is 4.92 Å². The Morgan fingerprint density at radius 3 is 2.93 bits per heavy atom. The first-order chi connectivity index (χ1) is 6.59. The van der Waals surface area contributed by atoms with Crippen molar-refractivity contribution in [1.82, 2.24) is 0 Å². The van der Waals surface area contributed by atoms with Gasteiger partial charge in [0, 0.05) is 6.07 Å². The summed E-state index contributed by atoms with van der Waals surface area (Å²) in [6, 6.07) is 1.38. The minimum absolute atomic E-state index is 0.183. The maximum Gasteiger partial charge on any atom is 0.448 e. The van der Waals surface area contributed by atoms with E-state index in [4.69, 9.17) is 4.42 Å². The molecule has 0 bridgehead atoms. The molecule has 0 aliphatic heterocycles. The first-order valence-corrected chi connectivity index (χ1v) is 4.34. The summed E-state index contributed by atoms with van der Waals surface area (Å²) in [5.41, 5.74) is 0.302. The Bertz CT molecular complexity index is 522. The number of hydrogen-bond donors (Lipinski definition) is 0. The van der Waals surface area contributed by atoms with Crippen LogP contribution in [0.15, 0.2) is 27.3 Å². The molecule has 0 amide bonds. The quantitative estimate of drug-likeness (QED) is 0.338. The first-order valence-electron chi connectivity index (χ1n) is 3.55. The Labute approximate surface area is 85.6 Å². The lowest BCUT2D eigenvalue weighted by Gasteiger charge is -1.91. The summed E-state index contributed by atoms with van der Waals surface area (Å²) in [6.45, 7) is 0. The fourth-order valence-corrected chi connectivity index (χ4v) is 1.62. The van der Waals surface area contributed by atoms with Crippen LogP contribution in [0.4, 0.5) is 5.88 Å². The highest BCUT2D eigenvalue weighted by molar-refractivity contribution is 9.10. The molecular weight excluding hydrogens is 256 g/mol. The van der Waals surface area contributed by atoms with E-state index in [1.807, 2.05) is 0 Å². The zero-order valence-corrected chi connectivity index (χ0v) is 8.22. The Kier molecular flexibility index (Phi) is 1.88. The van der Waals surface area contributed by atoms with Crippen LogP contribution in [0.1, 0.15) is 0 Å². The summed E-state index contributed by atoms with van der Waals surface area (Å²) < 4.78 is 5.65. The fraction of sp³-hybridized carbons (Fsp3) is 0. The molecule has 2 rings (SSSR count). The Balaban J connectivity index is 2.80. The highest BCUT2D eigenvalue weighted by Gasteiger charge is 2.23. The third-order valence-corrected chi connectivity index (χ3v) is 2.46. The van der Waals surface area contributed by atoms with Crippen LogP contribution >= 0.6 is 15.9 Å². The fourth-order valence-electron chi connectivity index (χ4n) is 1.10. The third-order valence-electron chi connectivity index (χ3n) is 1.69. The number of rotatable bonds is 1. The van der Waals surface area contributed by atoms with Gasteiger partial charge in [0.25, 0.3) is 0 Å². The lowest BCUT2D eigenvalue weighted by Crippen LogP contribution is -2.23. The van der Waals surface area contributed by atoms with Gasteiger partial charge in [0.15, 0.2) is 22.4 Å². The van der Waals surface area contributed by atoms with Gasteiger partial charge in [0.2, 0.25) is 0 Å². The molecule has 0 atom stereocenters. The summed E-state index contributed by atoms with van der Waals surface area (Å²) >= 11 is 3.00. The highest BCUT2D eigenvalue weighted by Crippen LogP contribution is 2.34. The van der Waals surface area contributed by atoms with Crippen molar-refractivity contribution in [3.05, 3.63) is 38.3 Å². The zero-order chi connectivity index (χ0) is 10.3. The molecule has 2 aromatic rings. The maximum atomic E-state index is 10.9. The Hall–Kier alpha value is -1.63. The van der Waals surface area contributed by atoms with Crippen molar-refractivity contribution in [3.63, 3.8) is 0 Å². The lowest BCUT2D eigenvalue weighted by molar-refractivity contribution is -0.603. The van der Waals surface area contributed by atoms with Gasteiger partial charge >= 0.3 is 5.88 Å². The van der Waals surface area contributed by atoms with Crippen LogP contribution in [0, 0.1) is 15.3 Å². The molecule has 6 nitrogen and oxygen atoms in total. The van der Waals surface area contributed by atoms with E-state index in [-0.39, 0.29) is 4.47 Å². The molecule has 0 saturated heterocycles. The van der Waals surface area contributed by atoms with Gasteiger partial charge in [-0.15, -0.1) is 0 Å². The summed E-state index contributed by atoms with van der Waals surface area (Å²) in [5, 5.41) is 21.8. The summed E-state index contributed by atoms with van der Waals surface area (Å²) in [6.07, 6.45) is 2.41. The van der Waals surface area contributed by atoms with E-state index in [9.17, 15) is 15.3 Å². The summed E-state index contributed by atoms with van der Waals surface area (Å²) in [4.78, 5) is 9.82. The van der Waals surface area contributed by atoms with Gasteiger partial charge in [0.05, 0.1) is 0 Å². The number of hydrogen-bond acceptors (Lipinski definition) is 4. The van der Waals surface area contributed by atoms with Gasteiger partial charge in [0.1, 0.15) is 10.3 Å². The summed E-state index contributed by atoms with van der Waals surface area (Å²) in [7, 11) is 0. The van der Waals surface area contributed by atoms with Crippen molar-refractivity contribution in [1.29, 1.82) is 0 Å². The van der Waals surface area contributed by atoms with Crippen LogP contribution < -0.4 is 4.73 Å². The molecular formula is C7H3BrN2O4. The van der Waals surface area contributed by atoms with E-state index < -0.39 is 10.8 Å². The van der Waals surface area contributed by atoms with Crippen molar-refractivity contribution >= 4 is 32.8 Å². The maximum absolute atomic E-state index is 10.9. The highest BCUT2D eigenvalue weighted by atomic mass is 79.9. The molecule has 0 spiro atoms. The number of halogens is 1. The van der Waals surface area contributed by atoms with Gasteiger partial charge < -0.3 is 9.62 Å². The van der Waals surface area contributed by atoms with E-state index in [1.165, 1.54) is 18.5 Å². The van der Waals surface area contributed by atoms with Crippen molar-refractivity contribution in [2.75, 3.05) is 0 Å². The number of pyridine rings is 1. The lowest BCUT2D eigenvalue weighted by atomic mass is 10.3. The molecule has 0 aromatic carbocycles. The van der Waals surface area contributed by atoms with Crippen molar-refractivity contribution < 1.29 is 14.1 Å². The average Bonchev–Trinajstić information content (AvgIpc) is 2.44. The molecule has 0 fully saturated rings. The Morgan fingerprint density at radius 1 is 1.57 bits per heavy atom. The van der Waals surface area contributed by atoms with Crippen LogP contribution in [-0.2, 0) is 0 Å². The molecule has 2 heterocycles. The van der Waals surface area contributed by atoms with Crippen LogP contribution in [0.3, 0.4) is 0 Å². The predicted octanol–water partition coefficient (Wildman–Crippen LogP) is 1.74. The van der Waals surface area contributed by atoms with Crippen molar-refractivity contribution in [2.24, 2.45) is 0 Å². The van der Waals surface area contributed by atoms with E-state index in [2.05, 4.69) is 15.9 Å². The molecule has 0 N–H and O–H groups in total. The SMILES string of the molecule is O=[N+]([O-])c1oc2cc[n+]([O-])cc2c1Br. The van der Waals surface area contributed by atoms with E-state index >= 15 is 0 Å². The van der Waals surface area contributed by atoms with Gasteiger partial charge in [-0.1, -0.05) is 0 Å². The zero-order valence-electron chi connectivity index (χ0n) is 6.64. The molecule has 2 aromatic heterocycles. The molecule has 0 unspecified atom stereocenters. The monoisotopic (exact) mass is 258 g/mol. The largest absolute Gasteiger partial charge is 0.619 e. The molecule has 72 valence electrons. The molecule has 0 aliphatic carbocycles. The number of nitrogens with zero attached hydrogens (tertiary/aromatic N) is 2. The third kappa shape index (κ3) is 1.22. The van der Waals surface area contributed by atoms with Crippen LogP contribution in [0.5, 0.6) is 0 Å². The van der Waals surface area contributed by atoms with E-state index in [0.29, 0.717) is 15.7 Å². The minimum atomic E-state index is -0.654. The van der Waals surface area contributed by atoms with Gasteiger partial charge in [-0.3, -0.25) is 10.1 Å². The second kappa shape index (κ2) is 2.95. The van der Waals surface area contributed by atoms with Crippen molar-refractivity contribution in [2.45, 2.75) is 0 Å². The standard InChI is InChI=1S/C7H3BrN2O4/c8-6-4-3-9(11)2-1-5(4)14-7(6)10(12)13/h1-3H. The molecule has 14 heavy (non-hydrogen) atoms. The average molecular weight is 259 g/mol. The van der Waals surface area contributed by atoms with Gasteiger partial charge in [-0.05, 0) is 15.9 Å². The second-order valence-electron chi connectivity index (χ2n) is 2.56. The molecule has 0 saturated carbocycles. The molecule has 7 heteroatoms. The second-order valence-corrected chi connectivity index (χ2v) is 3.35. The summed E-state index contributed by atoms with van der Waals surface area (Å²) in [5.74, 6) is -0.397. The van der Waals surface area contributed by atoms with Crippen LogP contribution in [0.2, 0.25) is 0 Å². The molecule has 0 aliphatic rings. The normalized spacial score (nSPS) is 10.6. The number of furan rings is 1. The van der Waals surface area contributed by atoms with E-state index in [0.717, 1.165) is 0 Å².